The van der Waals surface area contributed by atoms with Gasteiger partial charge in [-0.2, -0.15) is 0 Å². The molecule has 1 atom stereocenters. The van der Waals surface area contributed by atoms with Gasteiger partial charge in [0.1, 0.15) is 5.82 Å². The molecule has 5 heteroatoms. The number of nitrogens with one attached hydrogen (secondary N) is 1. The molecule has 1 rings (SSSR count). The minimum absolute atomic E-state index is 0.0545. The summed E-state index contributed by atoms with van der Waals surface area (Å²) in [5.74, 6) is -1.29. The van der Waals surface area contributed by atoms with Crippen LogP contribution in [0.2, 0.25) is 5.02 Å². The van der Waals surface area contributed by atoms with E-state index in [9.17, 15) is 14.3 Å². The van der Waals surface area contributed by atoms with E-state index in [-0.39, 0.29) is 17.2 Å². The third-order valence-electron chi connectivity index (χ3n) is 2.73. The number of carbonyl (C=O) groups is 1. The Morgan fingerprint density at radius 3 is 2.71 bits per heavy atom. The Morgan fingerprint density at radius 1 is 1.59 bits per heavy atom. The molecule has 0 spiro atoms. The Hall–Kier alpha value is -1.13. The molecule has 1 aromatic rings. The standard InChI is InChI=1S/C12H15ClFNO2/c1-3-12(2,7-16)15-11(17)10-8(13)5-4-6-9(10)14/h4-6,16H,3,7H2,1-2H3,(H,15,17). The number of halogens is 2. The van der Waals surface area contributed by atoms with Gasteiger partial charge in [0.15, 0.2) is 0 Å². The number of carbonyl (C=O) groups excluding carboxylic acids is 1. The molecule has 0 aliphatic carbocycles. The molecule has 0 radical (unpaired) electrons. The predicted molar refractivity (Wildman–Crippen MR) is 64.7 cm³/mol. The van der Waals surface area contributed by atoms with Gasteiger partial charge in [0.25, 0.3) is 5.91 Å². The molecular weight excluding hydrogens is 245 g/mol. The molecule has 0 aliphatic heterocycles. The first-order valence-electron chi connectivity index (χ1n) is 5.31. The second-order valence-corrected chi connectivity index (χ2v) is 4.53. The highest BCUT2D eigenvalue weighted by molar-refractivity contribution is 6.33. The number of rotatable bonds is 4. The minimum Gasteiger partial charge on any atom is -0.394 e. The van der Waals surface area contributed by atoms with Crippen molar-refractivity contribution in [3.63, 3.8) is 0 Å². The summed E-state index contributed by atoms with van der Waals surface area (Å²) in [6.45, 7) is 3.28. The second kappa shape index (κ2) is 5.47. The molecule has 0 heterocycles. The van der Waals surface area contributed by atoms with E-state index in [1.54, 1.807) is 6.92 Å². The molecule has 17 heavy (non-hydrogen) atoms. The highest BCUT2D eigenvalue weighted by atomic mass is 35.5. The van der Waals surface area contributed by atoms with Crippen LogP contribution >= 0.6 is 11.6 Å². The molecule has 1 unspecified atom stereocenters. The van der Waals surface area contributed by atoms with Crippen LogP contribution in [0.4, 0.5) is 4.39 Å². The molecule has 94 valence electrons. The molecule has 1 amide bonds. The van der Waals surface area contributed by atoms with Crippen LogP contribution in [0.3, 0.4) is 0 Å². The lowest BCUT2D eigenvalue weighted by molar-refractivity contribution is 0.0843. The van der Waals surface area contributed by atoms with Gasteiger partial charge in [-0.15, -0.1) is 0 Å². The quantitative estimate of drug-likeness (QED) is 0.872. The second-order valence-electron chi connectivity index (χ2n) is 4.12. The summed E-state index contributed by atoms with van der Waals surface area (Å²) in [4.78, 5) is 11.9. The highest BCUT2D eigenvalue weighted by Gasteiger charge is 2.26. The van der Waals surface area contributed by atoms with Crippen molar-refractivity contribution in [2.75, 3.05) is 6.61 Å². The van der Waals surface area contributed by atoms with Gasteiger partial charge in [0.05, 0.1) is 22.7 Å². The summed E-state index contributed by atoms with van der Waals surface area (Å²) in [5.41, 5.74) is -0.967. The van der Waals surface area contributed by atoms with E-state index in [0.29, 0.717) is 6.42 Å². The normalized spacial score (nSPS) is 14.2. The van der Waals surface area contributed by atoms with Crippen LogP contribution in [0.15, 0.2) is 18.2 Å². The number of aliphatic hydroxyl groups excluding tert-OH is 1. The number of amides is 1. The van der Waals surface area contributed by atoms with Crippen LogP contribution in [-0.2, 0) is 0 Å². The fourth-order valence-electron chi connectivity index (χ4n) is 1.29. The van der Waals surface area contributed by atoms with Gasteiger partial charge in [-0.05, 0) is 25.5 Å². The molecule has 0 aromatic heterocycles. The maximum atomic E-state index is 13.5. The topological polar surface area (TPSA) is 49.3 Å². The zero-order chi connectivity index (χ0) is 13.1. The summed E-state index contributed by atoms with van der Waals surface area (Å²) in [6.07, 6.45) is 0.529. The van der Waals surface area contributed by atoms with Gasteiger partial charge in [0.2, 0.25) is 0 Å². The van der Waals surface area contributed by atoms with Crippen molar-refractivity contribution in [1.29, 1.82) is 0 Å². The van der Waals surface area contributed by atoms with Gasteiger partial charge in [-0.1, -0.05) is 24.6 Å². The van der Waals surface area contributed by atoms with E-state index in [0.717, 1.165) is 0 Å². The molecule has 2 N–H and O–H groups in total. The van der Waals surface area contributed by atoms with Crippen LogP contribution in [0.25, 0.3) is 0 Å². The first-order chi connectivity index (χ1) is 7.93. The smallest absolute Gasteiger partial charge is 0.256 e. The van der Waals surface area contributed by atoms with Crippen LogP contribution in [0, 0.1) is 5.82 Å². The molecule has 0 aliphatic rings. The van der Waals surface area contributed by atoms with Crippen molar-refractivity contribution < 1.29 is 14.3 Å². The van der Waals surface area contributed by atoms with Crippen molar-refractivity contribution in [3.05, 3.63) is 34.6 Å². The minimum atomic E-state index is -0.775. The SMILES string of the molecule is CCC(C)(CO)NC(=O)c1c(F)cccc1Cl. The predicted octanol–water partition coefficient (Wildman–Crippen LogP) is 2.37. The lowest BCUT2D eigenvalue weighted by Gasteiger charge is -2.27. The first-order valence-corrected chi connectivity index (χ1v) is 5.68. The molecule has 0 saturated heterocycles. The number of aliphatic hydroxyl groups is 1. The Morgan fingerprint density at radius 2 is 2.24 bits per heavy atom. The average Bonchev–Trinajstić information content (AvgIpc) is 2.28. The fourth-order valence-corrected chi connectivity index (χ4v) is 1.54. The van der Waals surface area contributed by atoms with E-state index in [1.807, 2.05) is 6.92 Å². The summed E-state index contributed by atoms with van der Waals surface area (Å²) >= 11 is 5.78. The molecule has 3 nitrogen and oxygen atoms in total. The first kappa shape index (κ1) is 13.9. The molecule has 0 bridgehead atoms. The Kier molecular flexibility index (Phi) is 4.48. The van der Waals surface area contributed by atoms with E-state index in [2.05, 4.69) is 5.32 Å². The van der Waals surface area contributed by atoms with Crippen LogP contribution in [0.1, 0.15) is 30.6 Å². The lowest BCUT2D eigenvalue weighted by Crippen LogP contribution is -2.48. The Bertz CT molecular complexity index is 399. The molecule has 0 saturated carbocycles. The summed E-state index contributed by atoms with van der Waals surface area (Å²) < 4.78 is 13.5. The number of hydrogen-bond acceptors (Lipinski definition) is 2. The van der Waals surface area contributed by atoms with Crippen molar-refractivity contribution in [1.82, 2.24) is 5.32 Å². The van der Waals surface area contributed by atoms with E-state index < -0.39 is 17.3 Å². The molecule has 0 fully saturated rings. The van der Waals surface area contributed by atoms with Gasteiger partial charge in [0, 0.05) is 0 Å². The van der Waals surface area contributed by atoms with Crippen molar-refractivity contribution in [3.8, 4) is 0 Å². The third kappa shape index (κ3) is 3.17. The number of hydrogen-bond donors (Lipinski definition) is 2. The van der Waals surface area contributed by atoms with Crippen LogP contribution in [0.5, 0.6) is 0 Å². The van der Waals surface area contributed by atoms with Gasteiger partial charge >= 0.3 is 0 Å². The van der Waals surface area contributed by atoms with Crippen molar-refractivity contribution in [2.45, 2.75) is 25.8 Å². The zero-order valence-corrected chi connectivity index (χ0v) is 10.5. The maximum absolute atomic E-state index is 13.5. The summed E-state index contributed by atoms with van der Waals surface area (Å²) in [7, 11) is 0. The lowest BCUT2D eigenvalue weighted by atomic mass is 9.99. The number of benzene rings is 1. The van der Waals surface area contributed by atoms with Gasteiger partial charge in [-0.25, -0.2) is 4.39 Å². The van der Waals surface area contributed by atoms with Crippen LogP contribution < -0.4 is 5.32 Å². The fraction of sp³-hybridized carbons (Fsp3) is 0.417. The highest BCUT2D eigenvalue weighted by Crippen LogP contribution is 2.20. The van der Waals surface area contributed by atoms with Gasteiger partial charge in [-0.3, -0.25) is 4.79 Å². The van der Waals surface area contributed by atoms with Crippen molar-refractivity contribution >= 4 is 17.5 Å². The van der Waals surface area contributed by atoms with Crippen molar-refractivity contribution in [2.24, 2.45) is 0 Å². The Labute approximate surface area is 105 Å². The maximum Gasteiger partial charge on any atom is 0.256 e. The monoisotopic (exact) mass is 259 g/mol. The van der Waals surface area contributed by atoms with Crippen LogP contribution in [-0.4, -0.2) is 23.2 Å². The third-order valence-corrected chi connectivity index (χ3v) is 3.05. The molecular formula is C12H15ClFNO2. The Balaban J connectivity index is 2.98. The van der Waals surface area contributed by atoms with E-state index in [4.69, 9.17) is 11.6 Å². The van der Waals surface area contributed by atoms with E-state index >= 15 is 0 Å². The average molecular weight is 260 g/mol. The van der Waals surface area contributed by atoms with E-state index in [1.165, 1.54) is 18.2 Å². The van der Waals surface area contributed by atoms with Gasteiger partial charge < -0.3 is 10.4 Å². The zero-order valence-electron chi connectivity index (χ0n) is 9.76. The molecule has 1 aromatic carbocycles. The summed E-state index contributed by atoms with van der Waals surface area (Å²) in [5, 5.41) is 11.8. The largest absolute Gasteiger partial charge is 0.394 e. The summed E-state index contributed by atoms with van der Waals surface area (Å²) in [6, 6.07) is 4.05.